The van der Waals surface area contributed by atoms with Crippen LogP contribution in [0, 0.1) is 6.92 Å². The van der Waals surface area contributed by atoms with Crippen LogP contribution in [0.2, 0.25) is 5.02 Å². The van der Waals surface area contributed by atoms with Gasteiger partial charge >= 0.3 is 5.97 Å². The first-order chi connectivity index (χ1) is 16.2. The van der Waals surface area contributed by atoms with Gasteiger partial charge in [0.25, 0.3) is 11.1 Å². The third-order valence-electron chi connectivity index (χ3n) is 4.81. The van der Waals surface area contributed by atoms with Gasteiger partial charge in [0.15, 0.2) is 0 Å². The largest absolute Gasteiger partial charge is 0.496 e. The van der Waals surface area contributed by atoms with Crippen molar-refractivity contribution in [2.45, 2.75) is 20.3 Å². The molecular weight excluding hydrogens is 480 g/mol. The molecule has 8 nitrogen and oxygen atoms in total. The molecule has 0 atom stereocenters. The van der Waals surface area contributed by atoms with Crippen LogP contribution in [-0.4, -0.2) is 48.2 Å². The van der Waals surface area contributed by atoms with E-state index in [-0.39, 0.29) is 27.8 Å². The highest BCUT2D eigenvalue weighted by Crippen LogP contribution is 2.33. The summed E-state index contributed by atoms with van der Waals surface area (Å²) < 4.78 is 10.4. The molecule has 0 spiro atoms. The summed E-state index contributed by atoms with van der Waals surface area (Å²) in [7, 11) is 1.55. The van der Waals surface area contributed by atoms with Crippen LogP contribution in [-0.2, 0) is 14.3 Å². The van der Waals surface area contributed by atoms with E-state index in [1.807, 2.05) is 26.0 Å². The summed E-state index contributed by atoms with van der Waals surface area (Å²) in [5.41, 5.74) is 2.03. The highest BCUT2D eigenvalue weighted by Gasteiger charge is 2.36. The summed E-state index contributed by atoms with van der Waals surface area (Å²) in [4.78, 5) is 50.9. The van der Waals surface area contributed by atoms with Gasteiger partial charge in [-0.3, -0.25) is 19.3 Å². The molecule has 10 heteroatoms. The summed E-state index contributed by atoms with van der Waals surface area (Å²) in [5, 5.41) is 2.21. The quantitative estimate of drug-likeness (QED) is 0.404. The predicted octanol–water partition coefficient (Wildman–Crippen LogP) is 4.90. The number of amides is 3. The third kappa shape index (κ3) is 5.98. The topological polar surface area (TPSA) is 102 Å². The second-order valence-electron chi connectivity index (χ2n) is 7.38. The lowest BCUT2D eigenvalue weighted by Crippen LogP contribution is -2.36. The van der Waals surface area contributed by atoms with E-state index in [1.54, 1.807) is 19.3 Å². The lowest BCUT2D eigenvalue weighted by Gasteiger charge is -2.13. The summed E-state index contributed by atoms with van der Waals surface area (Å²) in [6.07, 6.45) is 2.24. The Morgan fingerprint density at radius 1 is 1.18 bits per heavy atom. The van der Waals surface area contributed by atoms with Gasteiger partial charge in [-0.05, 0) is 66.6 Å². The molecule has 0 saturated carbocycles. The number of esters is 1. The van der Waals surface area contributed by atoms with Crippen LogP contribution < -0.4 is 10.1 Å². The Balaban J connectivity index is 1.69. The van der Waals surface area contributed by atoms with E-state index in [9.17, 15) is 19.2 Å². The number of ether oxygens (including phenoxy) is 2. The Morgan fingerprint density at radius 3 is 2.65 bits per heavy atom. The molecule has 2 aromatic carbocycles. The second-order valence-corrected chi connectivity index (χ2v) is 8.78. The van der Waals surface area contributed by atoms with Crippen LogP contribution >= 0.6 is 23.4 Å². The Morgan fingerprint density at radius 2 is 1.94 bits per heavy atom. The molecule has 1 aliphatic rings. The van der Waals surface area contributed by atoms with Crippen molar-refractivity contribution >= 4 is 58.1 Å². The summed E-state index contributed by atoms with van der Waals surface area (Å²) in [6, 6.07) is 9.77. The molecule has 0 aromatic heterocycles. The molecule has 1 N–H and O–H groups in total. The summed E-state index contributed by atoms with van der Waals surface area (Å²) in [5.74, 6) is -1.11. The number of benzene rings is 2. The van der Waals surface area contributed by atoms with Crippen molar-refractivity contribution in [1.82, 2.24) is 4.90 Å². The molecule has 34 heavy (non-hydrogen) atoms. The van der Waals surface area contributed by atoms with Crippen LogP contribution in [0.3, 0.4) is 0 Å². The van der Waals surface area contributed by atoms with Crippen LogP contribution in [0.5, 0.6) is 5.75 Å². The third-order valence-corrected chi connectivity index (χ3v) is 6.05. The zero-order valence-electron chi connectivity index (χ0n) is 18.8. The molecule has 0 bridgehead atoms. The fourth-order valence-electron chi connectivity index (χ4n) is 3.09. The van der Waals surface area contributed by atoms with Crippen LogP contribution in [0.1, 0.15) is 34.8 Å². The van der Waals surface area contributed by atoms with Gasteiger partial charge in [0, 0.05) is 5.69 Å². The minimum atomic E-state index is -0.605. The molecule has 1 aliphatic heterocycles. The number of nitrogens with zero attached hydrogens (tertiary/aromatic N) is 1. The number of imide groups is 1. The van der Waals surface area contributed by atoms with E-state index in [4.69, 9.17) is 21.1 Å². The highest BCUT2D eigenvalue weighted by atomic mass is 35.5. The van der Waals surface area contributed by atoms with Crippen LogP contribution in [0.15, 0.2) is 41.3 Å². The fraction of sp³-hybridized carbons (Fsp3) is 0.250. The molecule has 0 aliphatic carbocycles. The van der Waals surface area contributed by atoms with Gasteiger partial charge in [0.05, 0.1) is 29.2 Å². The first kappa shape index (κ1) is 25.3. The molecule has 1 saturated heterocycles. The average molecular weight is 503 g/mol. The van der Waals surface area contributed by atoms with Crippen molar-refractivity contribution in [3.05, 3.63) is 63.0 Å². The fourth-order valence-corrected chi connectivity index (χ4v) is 4.12. The van der Waals surface area contributed by atoms with E-state index in [0.717, 1.165) is 22.2 Å². The van der Waals surface area contributed by atoms with Crippen molar-refractivity contribution in [1.29, 1.82) is 0 Å². The first-order valence-electron chi connectivity index (χ1n) is 10.4. The molecule has 3 rings (SSSR count). The van der Waals surface area contributed by atoms with Crippen molar-refractivity contribution in [2.24, 2.45) is 0 Å². The first-order valence-corrected chi connectivity index (χ1v) is 11.6. The van der Waals surface area contributed by atoms with E-state index in [0.29, 0.717) is 17.7 Å². The number of hydrogen-bond donors (Lipinski definition) is 1. The number of thioether (sulfide) groups is 1. The molecule has 0 radical (unpaired) electrons. The van der Waals surface area contributed by atoms with Gasteiger partial charge in [-0.15, -0.1) is 0 Å². The molecule has 1 heterocycles. The zero-order chi connectivity index (χ0) is 24.8. The molecule has 3 amide bonds. The number of rotatable bonds is 8. The monoisotopic (exact) mass is 502 g/mol. The Hall–Kier alpha value is -3.30. The van der Waals surface area contributed by atoms with Gasteiger partial charge in [0.1, 0.15) is 12.3 Å². The van der Waals surface area contributed by atoms with Gasteiger partial charge in [-0.25, -0.2) is 4.79 Å². The number of carbonyl (C=O) groups is 4. The standard InChI is InChI=1S/C24H23ClN2O6S/c1-4-9-33-23(30)17-12-16(7-8-18(17)25)26-21(28)13-27-22(29)20(34-24(27)31)11-15-6-5-14(2)19(10-15)32-3/h5-8,10-12H,4,9,13H2,1-3H3,(H,26,28)/b20-11+. The Labute approximate surface area is 206 Å². The maximum atomic E-state index is 12.7. The normalized spacial score (nSPS) is 14.5. The van der Waals surface area contributed by atoms with Crippen molar-refractivity contribution in [3.63, 3.8) is 0 Å². The second kappa shape index (κ2) is 11.2. The molecule has 2 aromatic rings. The minimum absolute atomic E-state index is 0.107. The molecular formula is C24H23ClN2O6S. The molecule has 178 valence electrons. The maximum Gasteiger partial charge on any atom is 0.339 e. The van der Waals surface area contributed by atoms with Crippen LogP contribution in [0.4, 0.5) is 10.5 Å². The number of anilines is 1. The Kier molecular flexibility index (Phi) is 8.36. The highest BCUT2D eigenvalue weighted by molar-refractivity contribution is 8.18. The van der Waals surface area contributed by atoms with Gasteiger partial charge < -0.3 is 14.8 Å². The zero-order valence-corrected chi connectivity index (χ0v) is 20.4. The average Bonchev–Trinajstić information content (AvgIpc) is 3.07. The van der Waals surface area contributed by atoms with E-state index in [2.05, 4.69) is 5.32 Å². The van der Waals surface area contributed by atoms with Crippen molar-refractivity contribution in [2.75, 3.05) is 25.6 Å². The molecule has 1 fully saturated rings. The van der Waals surface area contributed by atoms with E-state index in [1.165, 1.54) is 18.2 Å². The lowest BCUT2D eigenvalue weighted by molar-refractivity contribution is -0.127. The Bertz CT molecular complexity index is 1180. The van der Waals surface area contributed by atoms with Gasteiger partial charge in [0.2, 0.25) is 5.91 Å². The maximum absolute atomic E-state index is 12.7. The number of nitrogens with one attached hydrogen (secondary N) is 1. The number of halogens is 1. The summed E-state index contributed by atoms with van der Waals surface area (Å²) >= 11 is 6.82. The number of methoxy groups -OCH3 is 1. The van der Waals surface area contributed by atoms with E-state index < -0.39 is 29.6 Å². The summed E-state index contributed by atoms with van der Waals surface area (Å²) in [6.45, 7) is 3.53. The number of aryl methyl sites for hydroxylation is 1. The van der Waals surface area contributed by atoms with Crippen molar-refractivity contribution in [3.8, 4) is 5.75 Å². The van der Waals surface area contributed by atoms with E-state index >= 15 is 0 Å². The van der Waals surface area contributed by atoms with Crippen LogP contribution in [0.25, 0.3) is 6.08 Å². The lowest BCUT2D eigenvalue weighted by atomic mass is 10.1. The SMILES string of the molecule is CCCOC(=O)c1cc(NC(=O)CN2C(=O)S/C(=C/c3ccc(C)c(OC)c3)C2=O)ccc1Cl. The minimum Gasteiger partial charge on any atom is -0.496 e. The van der Waals surface area contributed by atoms with Gasteiger partial charge in [-0.2, -0.15) is 0 Å². The number of carbonyl (C=O) groups excluding carboxylic acids is 4. The number of hydrogen-bond acceptors (Lipinski definition) is 7. The molecule has 0 unspecified atom stereocenters. The predicted molar refractivity (Wildman–Crippen MR) is 131 cm³/mol. The van der Waals surface area contributed by atoms with Gasteiger partial charge in [-0.1, -0.05) is 30.7 Å². The smallest absolute Gasteiger partial charge is 0.339 e. The van der Waals surface area contributed by atoms with Crippen molar-refractivity contribution < 1.29 is 28.7 Å².